The Balaban J connectivity index is 1.87. The summed E-state index contributed by atoms with van der Waals surface area (Å²) >= 11 is 1.57. The molecule has 0 spiro atoms. The molecule has 18 heavy (non-hydrogen) atoms. The monoisotopic (exact) mass is 273 g/mol. The summed E-state index contributed by atoms with van der Waals surface area (Å²) in [4.78, 5) is 23.2. The van der Waals surface area contributed by atoms with Gasteiger partial charge in [-0.05, 0) is 31.4 Å². The van der Waals surface area contributed by atoms with Gasteiger partial charge in [-0.15, -0.1) is 0 Å². The van der Waals surface area contributed by atoms with E-state index in [1.165, 1.54) is 0 Å². The lowest BCUT2D eigenvalue weighted by molar-refractivity contribution is -0.147. The van der Waals surface area contributed by atoms with Crippen LogP contribution in [-0.2, 0) is 14.3 Å². The maximum Gasteiger partial charge on any atom is 0.330 e. The van der Waals surface area contributed by atoms with E-state index >= 15 is 0 Å². The highest BCUT2D eigenvalue weighted by Gasteiger charge is 2.43. The fourth-order valence-electron chi connectivity index (χ4n) is 2.38. The summed E-state index contributed by atoms with van der Waals surface area (Å²) in [5, 5.41) is 12.0. The molecule has 0 aliphatic carbocycles. The van der Waals surface area contributed by atoms with Crippen molar-refractivity contribution in [1.82, 2.24) is 5.32 Å². The number of rotatable bonds is 4. The van der Waals surface area contributed by atoms with Gasteiger partial charge < -0.3 is 15.2 Å². The van der Waals surface area contributed by atoms with Crippen LogP contribution in [0.5, 0.6) is 0 Å². The Morgan fingerprint density at radius 2 is 2.28 bits per heavy atom. The van der Waals surface area contributed by atoms with E-state index < -0.39 is 11.5 Å². The Labute approximate surface area is 111 Å². The van der Waals surface area contributed by atoms with Gasteiger partial charge in [0.05, 0.1) is 12.5 Å². The molecule has 2 fully saturated rings. The van der Waals surface area contributed by atoms with Gasteiger partial charge in [0.15, 0.2) is 0 Å². The lowest BCUT2D eigenvalue weighted by Gasteiger charge is -2.27. The van der Waals surface area contributed by atoms with Gasteiger partial charge in [0.1, 0.15) is 5.54 Å². The van der Waals surface area contributed by atoms with Gasteiger partial charge in [0.25, 0.3) is 0 Å². The van der Waals surface area contributed by atoms with Crippen molar-refractivity contribution in [2.24, 2.45) is 0 Å². The molecule has 2 atom stereocenters. The first-order valence-corrected chi connectivity index (χ1v) is 7.52. The molecule has 0 saturated carbocycles. The zero-order valence-electron chi connectivity index (χ0n) is 10.3. The molecule has 2 N–H and O–H groups in total. The Hall–Kier alpha value is -0.750. The van der Waals surface area contributed by atoms with E-state index in [2.05, 4.69) is 5.32 Å². The van der Waals surface area contributed by atoms with Crippen molar-refractivity contribution in [3.05, 3.63) is 0 Å². The Morgan fingerprint density at radius 1 is 1.44 bits per heavy atom. The Morgan fingerprint density at radius 3 is 2.83 bits per heavy atom. The van der Waals surface area contributed by atoms with E-state index in [9.17, 15) is 14.7 Å². The van der Waals surface area contributed by atoms with Gasteiger partial charge >= 0.3 is 5.97 Å². The topological polar surface area (TPSA) is 75.6 Å². The van der Waals surface area contributed by atoms with E-state index in [0.717, 1.165) is 25.0 Å². The quantitative estimate of drug-likeness (QED) is 0.800. The molecule has 2 aliphatic rings. The number of nitrogens with one attached hydrogen (secondary N) is 1. The molecular formula is C12H19NO4S. The van der Waals surface area contributed by atoms with Crippen molar-refractivity contribution in [3.63, 3.8) is 0 Å². The fourth-order valence-corrected chi connectivity index (χ4v) is 3.70. The molecule has 6 heteroatoms. The maximum absolute atomic E-state index is 11.9. The second-order valence-electron chi connectivity index (χ2n) is 4.93. The van der Waals surface area contributed by atoms with Crippen molar-refractivity contribution in [2.75, 3.05) is 18.1 Å². The molecule has 2 aliphatic heterocycles. The highest BCUT2D eigenvalue weighted by Crippen LogP contribution is 2.28. The number of ether oxygens (including phenoxy) is 1. The molecule has 0 aromatic heterocycles. The van der Waals surface area contributed by atoms with E-state index in [4.69, 9.17) is 4.74 Å². The predicted molar refractivity (Wildman–Crippen MR) is 68.7 cm³/mol. The molecular weight excluding hydrogens is 254 g/mol. The van der Waals surface area contributed by atoms with Crippen LogP contribution >= 0.6 is 11.8 Å². The highest BCUT2D eigenvalue weighted by atomic mass is 32.2. The number of carbonyl (C=O) groups is 2. The lowest BCUT2D eigenvalue weighted by Crippen LogP contribution is -2.55. The summed E-state index contributed by atoms with van der Waals surface area (Å²) in [7, 11) is 0. The number of carboxylic acid groups (broad SMARTS) is 1. The summed E-state index contributed by atoms with van der Waals surface area (Å²) in [5.74, 6) is 0.115. The van der Waals surface area contributed by atoms with Crippen molar-refractivity contribution >= 4 is 23.6 Å². The summed E-state index contributed by atoms with van der Waals surface area (Å²) in [6, 6.07) is 0. The largest absolute Gasteiger partial charge is 0.479 e. The van der Waals surface area contributed by atoms with Crippen LogP contribution in [0, 0.1) is 0 Å². The second kappa shape index (κ2) is 5.93. The Bertz CT molecular complexity index is 322. The zero-order valence-corrected chi connectivity index (χ0v) is 11.1. The van der Waals surface area contributed by atoms with Gasteiger partial charge in [-0.2, -0.15) is 11.8 Å². The number of carboxylic acids is 1. The van der Waals surface area contributed by atoms with Crippen molar-refractivity contribution in [2.45, 2.75) is 43.7 Å². The first kappa shape index (κ1) is 13.7. The van der Waals surface area contributed by atoms with Gasteiger partial charge in [0, 0.05) is 12.4 Å². The summed E-state index contributed by atoms with van der Waals surface area (Å²) < 4.78 is 5.49. The highest BCUT2D eigenvalue weighted by molar-refractivity contribution is 7.99. The third-order valence-electron chi connectivity index (χ3n) is 3.50. The van der Waals surface area contributed by atoms with Crippen LogP contribution in [0.3, 0.4) is 0 Å². The average Bonchev–Trinajstić information content (AvgIpc) is 2.80. The minimum absolute atomic E-state index is 0.0429. The van der Waals surface area contributed by atoms with E-state index in [1.807, 2.05) is 0 Å². The van der Waals surface area contributed by atoms with Crippen LogP contribution in [0.15, 0.2) is 0 Å². The SMILES string of the molecule is O=C(C[C@@H]1CCCCO1)N[C@@]1(C(=O)O)CCSC1. The first-order chi connectivity index (χ1) is 8.62. The molecule has 0 aromatic carbocycles. The van der Waals surface area contributed by atoms with Crippen molar-refractivity contribution in [3.8, 4) is 0 Å². The average molecular weight is 273 g/mol. The van der Waals surface area contributed by atoms with Crippen molar-refractivity contribution in [1.29, 1.82) is 0 Å². The summed E-state index contributed by atoms with van der Waals surface area (Å²) in [5.41, 5.74) is -1.06. The summed E-state index contributed by atoms with van der Waals surface area (Å²) in [6.45, 7) is 0.706. The number of thioether (sulfide) groups is 1. The standard InChI is InChI=1S/C12H19NO4S/c14-10(7-9-3-1-2-5-17-9)13-12(11(15)16)4-6-18-8-12/h9H,1-8H2,(H,13,14)(H,15,16)/t9-,12-/m0/s1. The normalized spacial score (nSPS) is 32.1. The minimum atomic E-state index is -1.06. The number of carbonyl (C=O) groups excluding carboxylic acids is 1. The molecule has 2 rings (SSSR count). The number of hydrogen-bond acceptors (Lipinski definition) is 4. The minimum Gasteiger partial charge on any atom is -0.479 e. The second-order valence-corrected chi connectivity index (χ2v) is 6.04. The molecule has 5 nitrogen and oxygen atoms in total. The third-order valence-corrected chi connectivity index (χ3v) is 4.69. The van der Waals surface area contributed by atoms with Gasteiger partial charge in [-0.3, -0.25) is 4.79 Å². The molecule has 0 radical (unpaired) electrons. The molecule has 0 aromatic rings. The molecule has 2 saturated heterocycles. The molecule has 1 amide bonds. The van der Waals surface area contributed by atoms with Gasteiger partial charge in [0.2, 0.25) is 5.91 Å². The van der Waals surface area contributed by atoms with E-state index in [-0.39, 0.29) is 18.4 Å². The lowest BCUT2D eigenvalue weighted by atomic mass is 9.98. The number of hydrogen-bond donors (Lipinski definition) is 2. The predicted octanol–water partition coefficient (Wildman–Crippen LogP) is 1.02. The molecule has 102 valence electrons. The van der Waals surface area contributed by atoms with Gasteiger partial charge in [-0.25, -0.2) is 4.79 Å². The number of amides is 1. The van der Waals surface area contributed by atoms with Crippen LogP contribution < -0.4 is 5.32 Å². The Kier molecular flexibility index (Phi) is 4.50. The fraction of sp³-hybridized carbons (Fsp3) is 0.833. The maximum atomic E-state index is 11.9. The van der Waals surface area contributed by atoms with Crippen LogP contribution in [0.1, 0.15) is 32.1 Å². The zero-order chi connectivity index (χ0) is 13.0. The van der Waals surface area contributed by atoms with Crippen LogP contribution in [0.4, 0.5) is 0 Å². The first-order valence-electron chi connectivity index (χ1n) is 6.36. The van der Waals surface area contributed by atoms with Crippen LogP contribution in [0.2, 0.25) is 0 Å². The smallest absolute Gasteiger partial charge is 0.330 e. The van der Waals surface area contributed by atoms with Crippen molar-refractivity contribution < 1.29 is 19.4 Å². The van der Waals surface area contributed by atoms with E-state index in [1.54, 1.807) is 11.8 Å². The molecule has 0 bridgehead atoms. The third kappa shape index (κ3) is 3.17. The summed E-state index contributed by atoms with van der Waals surface area (Å²) in [6.07, 6.45) is 3.76. The molecule has 0 unspecified atom stereocenters. The number of aliphatic carboxylic acids is 1. The van der Waals surface area contributed by atoms with Crippen LogP contribution in [0.25, 0.3) is 0 Å². The molecule has 2 heterocycles. The van der Waals surface area contributed by atoms with Gasteiger partial charge in [-0.1, -0.05) is 0 Å². The van der Waals surface area contributed by atoms with E-state index in [0.29, 0.717) is 18.8 Å². The van der Waals surface area contributed by atoms with Crippen LogP contribution in [-0.4, -0.2) is 46.7 Å².